The fourth-order valence-electron chi connectivity index (χ4n) is 1.33. The Labute approximate surface area is 109 Å². The van der Waals surface area contributed by atoms with Crippen molar-refractivity contribution in [2.24, 2.45) is 0 Å². The molecule has 1 amide bonds. The Morgan fingerprint density at radius 2 is 2.33 bits per heavy atom. The number of carbonyl (C=O) groups excluding carboxylic acids is 1. The molecule has 98 valence electrons. The zero-order chi connectivity index (χ0) is 13.5. The number of anilines is 1. The van der Waals surface area contributed by atoms with Gasteiger partial charge in [-0.2, -0.15) is 11.8 Å². The molecule has 0 bridgehead atoms. The molecule has 0 spiro atoms. The van der Waals surface area contributed by atoms with Crippen LogP contribution in [0.4, 0.5) is 5.69 Å². The van der Waals surface area contributed by atoms with E-state index in [-0.39, 0.29) is 11.4 Å². The van der Waals surface area contributed by atoms with Crippen molar-refractivity contribution in [3.8, 4) is 0 Å². The van der Waals surface area contributed by atoms with Gasteiger partial charge in [-0.05, 0) is 30.6 Å². The van der Waals surface area contributed by atoms with Gasteiger partial charge in [-0.3, -0.25) is 4.79 Å². The Kier molecular flexibility index (Phi) is 5.44. The first kappa shape index (κ1) is 14.3. The molecule has 0 saturated heterocycles. The fourth-order valence-corrected chi connectivity index (χ4v) is 1.80. The Morgan fingerprint density at radius 3 is 2.89 bits per heavy atom. The maximum atomic E-state index is 11.8. The molecule has 1 aromatic heterocycles. The molecule has 18 heavy (non-hydrogen) atoms. The number of aromatic nitrogens is 1. The predicted octanol–water partition coefficient (Wildman–Crippen LogP) is 0.600. The van der Waals surface area contributed by atoms with Crippen LogP contribution in [0.15, 0.2) is 18.3 Å². The Hall–Kier alpha value is -1.76. The van der Waals surface area contributed by atoms with Crippen LogP contribution >= 0.6 is 11.8 Å². The third-order valence-electron chi connectivity index (χ3n) is 2.27. The van der Waals surface area contributed by atoms with E-state index in [4.69, 9.17) is 10.8 Å². The van der Waals surface area contributed by atoms with Gasteiger partial charge in [0.05, 0.1) is 5.69 Å². The maximum absolute atomic E-state index is 11.8. The number of aliphatic carboxylic acids is 1. The molecule has 0 aromatic carbocycles. The van der Waals surface area contributed by atoms with Gasteiger partial charge >= 0.3 is 5.97 Å². The molecule has 7 heteroatoms. The quantitative estimate of drug-likeness (QED) is 0.698. The van der Waals surface area contributed by atoms with Crippen molar-refractivity contribution >= 4 is 29.3 Å². The van der Waals surface area contributed by atoms with E-state index in [1.165, 1.54) is 18.0 Å². The Balaban J connectivity index is 2.72. The van der Waals surface area contributed by atoms with Crippen molar-refractivity contribution in [3.05, 3.63) is 24.0 Å². The van der Waals surface area contributed by atoms with Gasteiger partial charge in [-0.15, -0.1) is 0 Å². The number of amides is 1. The first-order valence-corrected chi connectivity index (χ1v) is 6.68. The summed E-state index contributed by atoms with van der Waals surface area (Å²) >= 11 is 1.52. The molecule has 0 aliphatic heterocycles. The summed E-state index contributed by atoms with van der Waals surface area (Å²) in [7, 11) is 0. The molecular weight excluding hydrogens is 254 g/mol. The SMILES string of the molecule is CSCC[C@H](NC(=O)c1ncccc1N)C(=O)O. The highest BCUT2D eigenvalue weighted by molar-refractivity contribution is 7.98. The van der Waals surface area contributed by atoms with Gasteiger partial charge in [0.2, 0.25) is 0 Å². The number of nitrogens with one attached hydrogen (secondary N) is 1. The van der Waals surface area contributed by atoms with Gasteiger partial charge in [0.15, 0.2) is 5.69 Å². The minimum Gasteiger partial charge on any atom is -0.480 e. The highest BCUT2D eigenvalue weighted by Crippen LogP contribution is 2.08. The number of nitrogen functional groups attached to an aromatic ring is 1. The molecule has 6 nitrogen and oxygen atoms in total. The van der Waals surface area contributed by atoms with E-state index in [1.54, 1.807) is 12.1 Å². The lowest BCUT2D eigenvalue weighted by Gasteiger charge is -2.14. The highest BCUT2D eigenvalue weighted by atomic mass is 32.2. The van der Waals surface area contributed by atoms with E-state index in [0.29, 0.717) is 12.2 Å². The number of hydrogen-bond donors (Lipinski definition) is 3. The summed E-state index contributed by atoms with van der Waals surface area (Å²) in [6.45, 7) is 0. The van der Waals surface area contributed by atoms with Crippen LogP contribution in [0.5, 0.6) is 0 Å². The van der Waals surface area contributed by atoms with Crippen LogP contribution in [-0.4, -0.2) is 40.0 Å². The Morgan fingerprint density at radius 1 is 1.61 bits per heavy atom. The molecule has 1 atom stereocenters. The van der Waals surface area contributed by atoms with Gasteiger partial charge in [0.1, 0.15) is 6.04 Å². The van der Waals surface area contributed by atoms with Crippen molar-refractivity contribution in [2.75, 3.05) is 17.7 Å². The largest absolute Gasteiger partial charge is 0.480 e. The Bertz CT molecular complexity index is 439. The molecule has 0 radical (unpaired) electrons. The second-order valence-corrected chi connectivity index (χ2v) is 4.57. The maximum Gasteiger partial charge on any atom is 0.326 e. The fraction of sp³-hybridized carbons (Fsp3) is 0.364. The average Bonchev–Trinajstić information content (AvgIpc) is 2.34. The van der Waals surface area contributed by atoms with Gasteiger partial charge in [0.25, 0.3) is 5.91 Å². The van der Waals surface area contributed by atoms with Crippen LogP contribution in [0, 0.1) is 0 Å². The van der Waals surface area contributed by atoms with E-state index in [1.807, 2.05) is 6.26 Å². The van der Waals surface area contributed by atoms with Crippen molar-refractivity contribution in [3.63, 3.8) is 0 Å². The van der Waals surface area contributed by atoms with Crippen molar-refractivity contribution in [2.45, 2.75) is 12.5 Å². The van der Waals surface area contributed by atoms with Crippen LogP contribution in [0.25, 0.3) is 0 Å². The number of carboxylic acid groups (broad SMARTS) is 1. The molecule has 0 unspecified atom stereocenters. The third kappa shape index (κ3) is 3.92. The number of thioether (sulfide) groups is 1. The van der Waals surface area contributed by atoms with Crippen LogP contribution in [-0.2, 0) is 4.79 Å². The summed E-state index contributed by atoms with van der Waals surface area (Å²) in [5.74, 6) is -0.983. The standard InChI is InChI=1S/C11H15N3O3S/c1-18-6-4-8(11(16)17)14-10(15)9-7(12)3-2-5-13-9/h2-3,5,8H,4,6,12H2,1H3,(H,14,15)(H,16,17)/t8-/m0/s1. The zero-order valence-corrected chi connectivity index (χ0v) is 10.7. The number of hydrogen-bond acceptors (Lipinski definition) is 5. The first-order chi connectivity index (χ1) is 8.56. The van der Waals surface area contributed by atoms with Crippen LogP contribution in [0.3, 0.4) is 0 Å². The number of carbonyl (C=O) groups is 2. The molecule has 0 aliphatic carbocycles. The summed E-state index contributed by atoms with van der Waals surface area (Å²) in [6, 6.07) is 2.22. The van der Waals surface area contributed by atoms with Crippen LogP contribution in [0.1, 0.15) is 16.9 Å². The summed E-state index contributed by atoms with van der Waals surface area (Å²) in [5, 5.41) is 11.4. The second kappa shape index (κ2) is 6.85. The molecule has 0 aliphatic rings. The molecule has 0 fully saturated rings. The van der Waals surface area contributed by atoms with Crippen molar-refractivity contribution in [1.82, 2.24) is 10.3 Å². The number of nitrogens with two attached hydrogens (primary N) is 1. The van der Waals surface area contributed by atoms with Gasteiger partial charge < -0.3 is 16.2 Å². The predicted molar refractivity (Wildman–Crippen MR) is 70.5 cm³/mol. The van der Waals surface area contributed by atoms with Crippen molar-refractivity contribution in [1.29, 1.82) is 0 Å². The highest BCUT2D eigenvalue weighted by Gasteiger charge is 2.21. The summed E-state index contributed by atoms with van der Waals surface area (Å²) < 4.78 is 0. The minimum atomic E-state index is -1.06. The molecule has 1 aromatic rings. The zero-order valence-electron chi connectivity index (χ0n) is 9.92. The topological polar surface area (TPSA) is 105 Å². The molecule has 4 N–H and O–H groups in total. The normalized spacial score (nSPS) is 11.8. The van der Waals surface area contributed by atoms with Crippen LogP contribution < -0.4 is 11.1 Å². The summed E-state index contributed by atoms with van der Waals surface area (Å²) in [6.07, 6.45) is 3.66. The number of rotatable bonds is 6. The number of nitrogens with zero attached hydrogens (tertiary/aromatic N) is 1. The van der Waals surface area contributed by atoms with Crippen LogP contribution in [0.2, 0.25) is 0 Å². The van der Waals surface area contributed by atoms with Gasteiger partial charge in [-0.1, -0.05) is 0 Å². The lowest BCUT2D eigenvalue weighted by molar-refractivity contribution is -0.139. The molecule has 1 heterocycles. The minimum absolute atomic E-state index is 0.0490. The molecule has 0 saturated carbocycles. The second-order valence-electron chi connectivity index (χ2n) is 3.59. The number of carboxylic acids is 1. The van der Waals surface area contributed by atoms with Gasteiger partial charge in [0, 0.05) is 6.20 Å². The number of pyridine rings is 1. The van der Waals surface area contributed by atoms with E-state index >= 15 is 0 Å². The molecular formula is C11H15N3O3S. The lowest BCUT2D eigenvalue weighted by atomic mass is 10.2. The first-order valence-electron chi connectivity index (χ1n) is 5.29. The molecule has 1 rings (SSSR count). The van der Waals surface area contributed by atoms with Crippen molar-refractivity contribution < 1.29 is 14.7 Å². The summed E-state index contributed by atoms with van der Waals surface area (Å²) in [4.78, 5) is 26.6. The van der Waals surface area contributed by atoms with E-state index in [2.05, 4.69) is 10.3 Å². The smallest absolute Gasteiger partial charge is 0.326 e. The lowest BCUT2D eigenvalue weighted by Crippen LogP contribution is -2.41. The van der Waals surface area contributed by atoms with Gasteiger partial charge in [-0.25, -0.2) is 9.78 Å². The van der Waals surface area contributed by atoms with E-state index < -0.39 is 17.9 Å². The monoisotopic (exact) mass is 269 g/mol. The van der Waals surface area contributed by atoms with E-state index in [0.717, 1.165) is 0 Å². The van der Waals surface area contributed by atoms with E-state index in [9.17, 15) is 9.59 Å². The summed E-state index contributed by atoms with van der Waals surface area (Å²) in [5.41, 5.74) is 5.87. The third-order valence-corrected chi connectivity index (χ3v) is 2.91. The average molecular weight is 269 g/mol.